The van der Waals surface area contributed by atoms with Crippen molar-refractivity contribution in [2.45, 2.75) is 39.8 Å². The summed E-state index contributed by atoms with van der Waals surface area (Å²) in [7, 11) is 0. The summed E-state index contributed by atoms with van der Waals surface area (Å²) < 4.78 is 6.62. The summed E-state index contributed by atoms with van der Waals surface area (Å²) in [5.41, 5.74) is 1.58. The number of carbonyl (C=O) groups excluding carboxylic acids is 2. The molecule has 0 N–H and O–H groups in total. The second-order valence-corrected chi connectivity index (χ2v) is 6.72. The molecule has 6 nitrogen and oxygen atoms in total. The van der Waals surface area contributed by atoms with E-state index in [9.17, 15) is 14.4 Å². The van der Waals surface area contributed by atoms with Crippen LogP contribution in [0.2, 0.25) is 0 Å². The molecule has 0 bridgehead atoms. The van der Waals surface area contributed by atoms with Crippen molar-refractivity contribution in [3.63, 3.8) is 0 Å². The topological polar surface area (TPSA) is 68.6 Å². The number of hydrogen-bond acceptors (Lipinski definition) is 5. The number of nitrogens with zero attached hydrogens (tertiary/aromatic N) is 2. The van der Waals surface area contributed by atoms with Gasteiger partial charge in [0.1, 0.15) is 0 Å². The van der Waals surface area contributed by atoms with Gasteiger partial charge in [-0.3, -0.25) is 14.4 Å². The fourth-order valence-electron chi connectivity index (χ4n) is 2.48. The van der Waals surface area contributed by atoms with Gasteiger partial charge in [-0.2, -0.15) is 0 Å². The van der Waals surface area contributed by atoms with E-state index >= 15 is 0 Å². The van der Waals surface area contributed by atoms with Gasteiger partial charge >= 0.3 is 10.8 Å². The van der Waals surface area contributed by atoms with Crippen LogP contribution in [0.15, 0.2) is 40.5 Å². The third-order valence-corrected chi connectivity index (χ3v) is 4.57. The molecule has 1 heterocycles. The molecule has 0 aliphatic rings. The molecule has 0 radical (unpaired) electrons. The highest BCUT2D eigenvalue weighted by Crippen LogP contribution is 2.16. The van der Waals surface area contributed by atoms with Gasteiger partial charge in [-0.15, -0.1) is 0 Å². The molecule has 0 atom stereocenters. The molecule has 0 saturated heterocycles. The van der Waals surface area contributed by atoms with Crippen LogP contribution >= 0.6 is 11.3 Å². The second kappa shape index (κ2) is 8.62. The van der Waals surface area contributed by atoms with Crippen LogP contribution in [0.5, 0.6) is 0 Å². The first-order chi connectivity index (χ1) is 11.9. The van der Waals surface area contributed by atoms with Gasteiger partial charge in [0.2, 0.25) is 0 Å². The summed E-state index contributed by atoms with van der Waals surface area (Å²) in [5.74, 6) is -0.777. The molecular weight excluding hydrogens is 340 g/mol. The first-order valence-electron chi connectivity index (χ1n) is 8.08. The fourth-order valence-corrected chi connectivity index (χ4v) is 3.24. The number of anilines is 1. The molecule has 1 amide bonds. The maximum absolute atomic E-state index is 12.4. The van der Waals surface area contributed by atoms with Gasteiger partial charge in [-0.1, -0.05) is 29.5 Å². The monoisotopic (exact) mass is 362 g/mol. The van der Waals surface area contributed by atoms with Gasteiger partial charge in [-0.05, 0) is 32.9 Å². The van der Waals surface area contributed by atoms with Crippen molar-refractivity contribution in [1.29, 1.82) is 0 Å². The van der Waals surface area contributed by atoms with E-state index in [2.05, 4.69) is 0 Å². The Morgan fingerprint density at radius 2 is 1.92 bits per heavy atom. The van der Waals surface area contributed by atoms with E-state index in [-0.39, 0.29) is 36.4 Å². The van der Waals surface area contributed by atoms with Crippen molar-refractivity contribution in [3.8, 4) is 0 Å². The summed E-state index contributed by atoms with van der Waals surface area (Å²) >= 11 is 1.10. The Morgan fingerprint density at radius 1 is 1.24 bits per heavy atom. The lowest BCUT2D eigenvalue weighted by molar-refractivity contribution is -0.148. The zero-order valence-corrected chi connectivity index (χ0v) is 15.4. The van der Waals surface area contributed by atoms with Gasteiger partial charge in [0, 0.05) is 29.3 Å². The largest absolute Gasteiger partial charge is 0.455 e. The van der Waals surface area contributed by atoms with E-state index in [1.807, 2.05) is 51.1 Å². The lowest BCUT2D eigenvalue weighted by Gasteiger charge is -2.26. The second-order valence-electron chi connectivity index (χ2n) is 5.90. The minimum atomic E-state index is -0.498. The minimum absolute atomic E-state index is 0.0533. The van der Waals surface area contributed by atoms with Crippen molar-refractivity contribution < 1.29 is 14.3 Å². The maximum Gasteiger partial charge on any atom is 0.308 e. The summed E-state index contributed by atoms with van der Waals surface area (Å²) in [6.07, 6.45) is 0.0533. The van der Waals surface area contributed by atoms with E-state index in [0.717, 1.165) is 22.7 Å². The molecule has 0 fully saturated rings. The first-order valence-corrected chi connectivity index (χ1v) is 8.95. The summed E-state index contributed by atoms with van der Waals surface area (Å²) in [6.45, 7) is 5.56. The average molecular weight is 362 g/mol. The highest BCUT2D eigenvalue weighted by atomic mass is 32.1. The molecule has 0 aliphatic heterocycles. The lowest BCUT2D eigenvalue weighted by Crippen LogP contribution is -2.40. The molecular formula is C18H22N2O4S. The first kappa shape index (κ1) is 18.9. The van der Waals surface area contributed by atoms with E-state index in [0.29, 0.717) is 0 Å². The van der Waals surface area contributed by atoms with Crippen LogP contribution in [0, 0.1) is 6.92 Å². The molecule has 0 saturated carbocycles. The number of ether oxygens (including phenoxy) is 1. The molecule has 25 heavy (non-hydrogen) atoms. The van der Waals surface area contributed by atoms with E-state index in [1.165, 1.54) is 4.57 Å². The van der Waals surface area contributed by atoms with Gasteiger partial charge in [0.05, 0.1) is 6.42 Å². The van der Waals surface area contributed by atoms with Crippen LogP contribution in [-0.2, 0) is 20.9 Å². The zero-order chi connectivity index (χ0) is 18.4. The van der Waals surface area contributed by atoms with Crippen LogP contribution in [-0.4, -0.2) is 29.1 Å². The third-order valence-electron chi connectivity index (χ3n) is 3.69. The number of hydrogen-bond donors (Lipinski definition) is 0. The molecule has 1 aromatic carbocycles. The predicted molar refractivity (Wildman–Crippen MR) is 98.0 cm³/mol. The van der Waals surface area contributed by atoms with E-state index < -0.39 is 5.97 Å². The Morgan fingerprint density at radius 3 is 2.48 bits per heavy atom. The highest BCUT2D eigenvalue weighted by Gasteiger charge is 2.20. The van der Waals surface area contributed by atoms with Crippen molar-refractivity contribution in [1.82, 2.24) is 4.57 Å². The number of aryl methyl sites for hydroxylation is 1. The molecule has 0 spiro atoms. The molecule has 2 aromatic rings. The Kier molecular flexibility index (Phi) is 6.52. The summed E-state index contributed by atoms with van der Waals surface area (Å²) in [6, 6.07) is 9.20. The number of benzene rings is 1. The Hall–Kier alpha value is -2.41. The predicted octanol–water partition coefficient (Wildman–Crippen LogP) is 2.59. The van der Waals surface area contributed by atoms with Gasteiger partial charge in [0.15, 0.2) is 6.61 Å². The summed E-state index contributed by atoms with van der Waals surface area (Å²) in [5, 5.41) is 1.75. The average Bonchev–Trinajstić information content (AvgIpc) is 2.90. The number of rotatable bonds is 7. The van der Waals surface area contributed by atoms with Crippen molar-refractivity contribution in [2.75, 3.05) is 11.5 Å². The van der Waals surface area contributed by atoms with Crippen molar-refractivity contribution >= 4 is 28.9 Å². The Bertz CT molecular complexity index is 780. The normalized spacial score (nSPS) is 10.7. The van der Waals surface area contributed by atoms with Gasteiger partial charge < -0.3 is 14.2 Å². The molecule has 134 valence electrons. The smallest absolute Gasteiger partial charge is 0.308 e. The standard InChI is InChI=1S/C18H22N2O4S/c1-13(2)20(15-7-5-4-6-8-15)16(21)11-24-17(22)9-10-19-14(3)12-25-18(19)23/h4-8,12-13H,9-11H2,1-3H3. The lowest BCUT2D eigenvalue weighted by atomic mass is 10.2. The highest BCUT2D eigenvalue weighted by molar-refractivity contribution is 7.07. The van der Waals surface area contributed by atoms with Crippen molar-refractivity contribution in [3.05, 3.63) is 51.1 Å². The van der Waals surface area contributed by atoms with Gasteiger partial charge in [0.25, 0.3) is 5.91 Å². The number of aromatic nitrogens is 1. The van der Waals surface area contributed by atoms with E-state index in [4.69, 9.17) is 4.74 Å². The molecule has 2 rings (SSSR count). The number of amides is 1. The quantitative estimate of drug-likeness (QED) is 0.710. The molecule has 1 aromatic heterocycles. The van der Waals surface area contributed by atoms with Crippen LogP contribution in [0.3, 0.4) is 0 Å². The van der Waals surface area contributed by atoms with Crippen LogP contribution in [0.25, 0.3) is 0 Å². The van der Waals surface area contributed by atoms with E-state index in [1.54, 1.807) is 10.3 Å². The van der Waals surface area contributed by atoms with Crippen LogP contribution in [0.4, 0.5) is 5.69 Å². The number of thiazole rings is 1. The third kappa shape index (κ3) is 5.03. The number of carbonyl (C=O) groups is 2. The SMILES string of the molecule is Cc1csc(=O)n1CCC(=O)OCC(=O)N(c1ccccc1)C(C)C. The maximum atomic E-state index is 12.4. The molecule has 7 heteroatoms. The number of para-hydroxylation sites is 1. The Balaban J connectivity index is 1.89. The Labute approximate surface area is 150 Å². The minimum Gasteiger partial charge on any atom is -0.455 e. The van der Waals surface area contributed by atoms with Gasteiger partial charge in [-0.25, -0.2) is 0 Å². The molecule has 0 unspecified atom stereocenters. The molecule has 0 aliphatic carbocycles. The number of esters is 1. The fraction of sp³-hybridized carbons (Fsp3) is 0.389. The van der Waals surface area contributed by atoms with Crippen LogP contribution in [0.1, 0.15) is 26.0 Å². The van der Waals surface area contributed by atoms with Crippen LogP contribution < -0.4 is 9.77 Å². The zero-order valence-electron chi connectivity index (χ0n) is 14.6. The summed E-state index contributed by atoms with van der Waals surface area (Å²) in [4.78, 5) is 37.4. The van der Waals surface area contributed by atoms with Crippen molar-refractivity contribution in [2.24, 2.45) is 0 Å².